The van der Waals surface area contributed by atoms with Crippen molar-refractivity contribution >= 4 is 5.69 Å². The minimum Gasteiger partial charge on any atom is -0.497 e. The van der Waals surface area contributed by atoms with Crippen LogP contribution in [0.5, 0.6) is 11.5 Å². The van der Waals surface area contributed by atoms with Crippen molar-refractivity contribution in [2.75, 3.05) is 7.11 Å². The molecule has 0 fully saturated rings. The number of non-ortho nitro benzene ring substituents is 1. The Hall–Kier alpha value is -3.56. The highest BCUT2D eigenvalue weighted by molar-refractivity contribution is 5.54. The molecule has 7 nitrogen and oxygen atoms in total. The maximum atomic E-state index is 13.2. The third-order valence-electron chi connectivity index (χ3n) is 3.74. The summed E-state index contributed by atoms with van der Waals surface area (Å²) in [4.78, 5) is 14.0. The van der Waals surface area contributed by atoms with Crippen LogP contribution in [0.3, 0.4) is 0 Å². The number of rotatable bonds is 6. The largest absolute Gasteiger partial charge is 0.497 e. The molecule has 0 atom stereocenters. The van der Waals surface area contributed by atoms with Gasteiger partial charge < -0.3 is 13.9 Å². The lowest BCUT2D eigenvalue weighted by molar-refractivity contribution is -0.385. The molecule has 1 heterocycles. The first-order valence-corrected chi connectivity index (χ1v) is 7.85. The van der Waals surface area contributed by atoms with Crippen molar-refractivity contribution in [3.05, 3.63) is 70.1 Å². The SMILES string of the molecule is COc1ccc(-c2nc(COc3ccc([N+](=O)[O-])cc3C(F)(F)F)co2)cc1. The summed E-state index contributed by atoms with van der Waals surface area (Å²) in [6.07, 6.45) is -3.54. The molecule has 0 saturated heterocycles. The molecule has 0 aliphatic carbocycles. The Morgan fingerprint density at radius 3 is 2.50 bits per heavy atom. The number of methoxy groups -OCH3 is 1. The fourth-order valence-electron chi connectivity index (χ4n) is 2.37. The van der Waals surface area contributed by atoms with E-state index >= 15 is 0 Å². The van der Waals surface area contributed by atoms with Gasteiger partial charge in [-0.25, -0.2) is 4.98 Å². The van der Waals surface area contributed by atoms with Crippen molar-refractivity contribution < 1.29 is 32.0 Å². The zero-order valence-electron chi connectivity index (χ0n) is 14.4. The van der Waals surface area contributed by atoms with E-state index < -0.39 is 28.1 Å². The second kappa shape index (κ2) is 7.59. The van der Waals surface area contributed by atoms with Gasteiger partial charge in [-0.15, -0.1) is 0 Å². The fourth-order valence-corrected chi connectivity index (χ4v) is 2.37. The minimum atomic E-state index is -4.81. The number of nitro benzene ring substituents is 1. The Morgan fingerprint density at radius 2 is 1.89 bits per heavy atom. The van der Waals surface area contributed by atoms with E-state index in [0.29, 0.717) is 17.4 Å². The van der Waals surface area contributed by atoms with Crippen molar-refractivity contribution in [1.82, 2.24) is 4.98 Å². The van der Waals surface area contributed by atoms with Crippen LogP contribution in [0.1, 0.15) is 11.3 Å². The summed E-state index contributed by atoms with van der Waals surface area (Å²) in [7, 11) is 1.53. The van der Waals surface area contributed by atoms with E-state index in [1.807, 2.05) is 0 Å². The number of hydrogen-bond acceptors (Lipinski definition) is 6. The molecule has 0 aliphatic heterocycles. The molecule has 2 aromatic carbocycles. The van der Waals surface area contributed by atoms with E-state index in [4.69, 9.17) is 13.9 Å². The number of hydrogen-bond donors (Lipinski definition) is 0. The first kappa shape index (κ1) is 19.2. The Morgan fingerprint density at radius 1 is 1.18 bits per heavy atom. The molecular formula is C18H13F3N2O5. The van der Waals surface area contributed by atoms with Crippen LogP contribution in [0.2, 0.25) is 0 Å². The average molecular weight is 394 g/mol. The normalized spacial score (nSPS) is 11.3. The van der Waals surface area contributed by atoms with Crippen molar-refractivity contribution in [2.24, 2.45) is 0 Å². The standard InChI is InChI=1S/C18H13F3N2O5/c1-26-14-5-2-11(3-6-14)17-22-12(10-28-17)9-27-16-7-4-13(23(24)25)8-15(16)18(19,20)21/h2-8,10H,9H2,1H3. The average Bonchev–Trinajstić information content (AvgIpc) is 3.14. The third-order valence-corrected chi connectivity index (χ3v) is 3.74. The highest BCUT2D eigenvalue weighted by Gasteiger charge is 2.36. The quantitative estimate of drug-likeness (QED) is 0.438. The molecule has 0 bridgehead atoms. The van der Waals surface area contributed by atoms with Gasteiger partial charge in [-0.1, -0.05) is 0 Å². The number of nitrogens with zero attached hydrogens (tertiary/aromatic N) is 2. The van der Waals surface area contributed by atoms with Gasteiger partial charge in [0.1, 0.15) is 35.6 Å². The lowest BCUT2D eigenvalue weighted by Gasteiger charge is -2.12. The Labute approximate surface area is 156 Å². The molecule has 0 spiro atoms. The number of nitro groups is 1. The van der Waals surface area contributed by atoms with Crippen LogP contribution in [0, 0.1) is 10.1 Å². The predicted molar refractivity (Wildman–Crippen MR) is 90.9 cm³/mol. The molecule has 28 heavy (non-hydrogen) atoms. The molecule has 0 saturated carbocycles. The van der Waals surface area contributed by atoms with Gasteiger partial charge in [0.05, 0.1) is 12.0 Å². The molecule has 0 N–H and O–H groups in total. The number of aromatic nitrogens is 1. The van der Waals surface area contributed by atoms with Gasteiger partial charge in [-0.3, -0.25) is 10.1 Å². The lowest BCUT2D eigenvalue weighted by atomic mass is 10.1. The highest BCUT2D eigenvalue weighted by atomic mass is 19.4. The van der Waals surface area contributed by atoms with Crippen LogP contribution in [-0.4, -0.2) is 17.0 Å². The predicted octanol–water partition coefficient (Wildman–Crippen LogP) is 4.86. The Kier molecular flexibility index (Phi) is 5.21. The Balaban J connectivity index is 1.77. The third kappa shape index (κ3) is 4.22. The van der Waals surface area contributed by atoms with Crippen LogP contribution >= 0.6 is 0 Å². The van der Waals surface area contributed by atoms with E-state index in [1.165, 1.54) is 13.4 Å². The van der Waals surface area contributed by atoms with Gasteiger partial charge >= 0.3 is 6.18 Å². The van der Waals surface area contributed by atoms with E-state index in [1.54, 1.807) is 24.3 Å². The summed E-state index contributed by atoms with van der Waals surface area (Å²) in [6, 6.07) is 9.13. The molecule has 0 amide bonds. The number of alkyl halides is 3. The highest BCUT2D eigenvalue weighted by Crippen LogP contribution is 2.38. The number of ether oxygens (including phenoxy) is 2. The summed E-state index contributed by atoms with van der Waals surface area (Å²) in [5.74, 6) is 0.379. The lowest BCUT2D eigenvalue weighted by Crippen LogP contribution is -2.09. The summed E-state index contributed by atoms with van der Waals surface area (Å²) in [5.41, 5.74) is -1.00. The van der Waals surface area contributed by atoms with Crippen LogP contribution in [0.4, 0.5) is 18.9 Å². The van der Waals surface area contributed by atoms with Gasteiger partial charge in [0.2, 0.25) is 5.89 Å². The molecule has 0 radical (unpaired) electrons. The summed E-state index contributed by atoms with van der Waals surface area (Å²) < 4.78 is 55.0. The molecule has 0 unspecified atom stereocenters. The van der Waals surface area contributed by atoms with Gasteiger partial charge in [0.15, 0.2) is 0 Å². The first-order valence-electron chi connectivity index (χ1n) is 7.85. The zero-order chi connectivity index (χ0) is 20.3. The molecule has 3 aromatic rings. The smallest absolute Gasteiger partial charge is 0.420 e. The molecule has 10 heteroatoms. The van der Waals surface area contributed by atoms with Crippen molar-refractivity contribution in [3.63, 3.8) is 0 Å². The monoisotopic (exact) mass is 394 g/mol. The van der Waals surface area contributed by atoms with E-state index in [2.05, 4.69) is 4.98 Å². The van der Waals surface area contributed by atoms with E-state index in [0.717, 1.165) is 12.1 Å². The zero-order valence-corrected chi connectivity index (χ0v) is 14.4. The maximum Gasteiger partial charge on any atom is 0.420 e. The topological polar surface area (TPSA) is 87.6 Å². The fraction of sp³-hybridized carbons (Fsp3) is 0.167. The summed E-state index contributed by atoms with van der Waals surface area (Å²) in [5, 5.41) is 10.7. The molecule has 0 aliphatic rings. The van der Waals surface area contributed by atoms with Crippen molar-refractivity contribution in [2.45, 2.75) is 12.8 Å². The second-order valence-electron chi connectivity index (χ2n) is 5.60. The van der Waals surface area contributed by atoms with E-state index in [-0.39, 0.29) is 18.2 Å². The minimum absolute atomic E-state index is 0.261. The first-order chi connectivity index (χ1) is 13.3. The van der Waals surface area contributed by atoms with Crippen LogP contribution in [0.25, 0.3) is 11.5 Å². The number of halogens is 3. The second-order valence-corrected chi connectivity index (χ2v) is 5.60. The Bertz CT molecular complexity index is 984. The van der Waals surface area contributed by atoms with Gasteiger partial charge in [0.25, 0.3) is 5.69 Å². The van der Waals surface area contributed by atoms with E-state index in [9.17, 15) is 23.3 Å². The maximum absolute atomic E-state index is 13.2. The molecule has 146 valence electrons. The van der Waals surface area contributed by atoms with Crippen LogP contribution in [0.15, 0.2) is 53.1 Å². The van der Waals surface area contributed by atoms with Gasteiger partial charge in [0, 0.05) is 17.7 Å². The van der Waals surface area contributed by atoms with Crippen LogP contribution in [-0.2, 0) is 12.8 Å². The summed E-state index contributed by atoms with van der Waals surface area (Å²) >= 11 is 0. The number of benzene rings is 2. The molecular weight excluding hydrogens is 381 g/mol. The molecule has 1 aromatic heterocycles. The molecule has 3 rings (SSSR count). The van der Waals surface area contributed by atoms with Gasteiger partial charge in [-0.2, -0.15) is 13.2 Å². The number of oxazole rings is 1. The summed E-state index contributed by atoms with van der Waals surface area (Å²) in [6.45, 7) is -0.305. The van der Waals surface area contributed by atoms with Crippen LogP contribution < -0.4 is 9.47 Å². The van der Waals surface area contributed by atoms with Gasteiger partial charge in [-0.05, 0) is 30.3 Å². The van der Waals surface area contributed by atoms with Crippen molar-refractivity contribution in [1.29, 1.82) is 0 Å². The van der Waals surface area contributed by atoms with Crippen molar-refractivity contribution in [3.8, 4) is 23.0 Å².